The molecule has 0 atom stereocenters. The first-order valence-electron chi connectivity index (χ1n) is 6.46. The van der Waals surface area contributed by atoms with E-state index < -0.39 is 5.97 Å². The van der Waals surface area contributed by atoms with E-state index in [9.17, 15) is 9.90 Å². The van der Waals surface area contributed by atoms with Crippen molar-refractivity contribution >= 4 is 17.3 Å². The second-order valence-corrected chi connectivity index (χ2v) is 4.71. The molecule has 0 aromatic heterocycles. The van der Waals surface area contributed by atoms with E-state index in [1.165, 1.54) is 5.56 Å². The lowest BCUT2D eigenvalue weighted by Gasteiger charge is -2.23. The number of carboxylic acids is 1. The molecule has 0 saturated carbocycles. The minimum atomic E-state index is -0.959. The van der Waals surface area contributed by atoms with E-state index in [2.05, 4.69) is 12.1 Å². The maximum Gasteiger partial charge on any atom is 0.337 e. The van der Waals surface area contributed by atoms with Crippen molar-refractivity contribution in [3.8, 4) is 0 Å². The number of carboxylic acid groups (broad SMARTS) is 1. The number of hydrogen-bond donors (Lipinski definition) is 2. The van der Waals surface area contributed by atoms with Gasteiger partial charge in [-0.25, -0.2) is 4.79 Å². The van der Waals surface area contributed by atoms with Gasteiger partial charge in [0.05, 0.1) is 16.9 Å². The van der Waals surface area contributed by atoms with Crippen LogP contribution in [0.2, 0.25) is 0 Å². The Morgan fingerprint density at radius 2 is 1.85 bits per heavy atom. The molecule has 0 spiro atoms. The summed E-state index contributed by atoms with van der Waals surface area (Å²) in [5.41, 5.74) is 8.44. The normalized spacial score (nSPS) is 10.2. The van der Waals surface area contributed by atoms with Gasteiger partial charge in [-0.2, -0.15) is 0 Å². The van der Waals surface area contributed by atoms with Gasteiger partial charge in [0, 0.05) is 13.6 Å². The van der Waals surface area contributed by atoms with Crippen molar-refractivity contribution in [1.82, 2.24) is 0 Å². The number of rotatable bonds is 5. The van der Waals surface area contributed by atoms with Crippen LogP contribution < -0.4 is 10.6 Å². The number of aromatic carboxylic acids is 1. The number of nitrogen functional groups attached to an aromatic ring is 1. The van der Waals surface area contributed by atoms with Crippen molar-refractivity contribution in [1.29, 1.82) is 0 Å². The Morgan fingerprint density at radius 3 is 2.50 bits per heavy atom. The molecule has 4 heteroatoms. The van der Waals surface area contributed by atoms with Gasteiger partial charge in [-0.1, -0.05) is 36.4 Å². The van der Waals surface area contributed by atoms with E-state index in [0.29, 0.717) is 17.9 Å². The Balaban J connectivity index is 2.17. The Labute approximate surface area is 118 Å². The van der Waals surface area contributed by atoms with Gasteiger partial charge in [-0.3, -0.25) is 0 Å². The molecule has 104 valence electrons. The zero-order chi connectivity index (χ0) is 14.5. The number of likely N-dealkylation sites (N-methyl/N-ethyl adjacent to an activating group) is 1. The molecule has 2 aromatic carbocycles. The van der Waals surface area contributed by atoms with E-state index >= 15 is 0 Å². The third-order valence-corrected chi connectivity index (χ3v) is 3.26. The largest absolute Gasteiger partial charge is 0.478 e. The molecule has 0 aliphatic carbocycles. The van der Waals surface area contributed by atoms with Gasteiger partial charge in [-0.05, 0) is 24.1 Å². The van der Waals surface area contributed by atoms with E-state index in [-0.39, 0.29) is 5.56 Å². The van der Waals surface area contributed by atoms with Crippen LogP contribution in [0.25, 0.3) is 0 Å². The highest BCUT2D eigenvalue weighted by molar-refractivity contribution is 5.97. The highest BCUT2D eigenvalue weighted by Gasteiger charge is 2.15. The van der Waals surface area contributed by atoms with Gasteiger partial charge in [-0.15, -0.1) is 0 Å². The highest BCUT2D eigenvalue weighted by Crippen LogP contribution is 2.27. The van der Waals surface area contributed by atoms with E-state index in [1.807, 2.05) is 30.1 Å². The van der Waals surface area contributed by atoms with Crippen molar-refractivity contribution < 1.29 is 9.90 Å². The molecule has 0 amide bonds. The molecule has 0 heterocycles. The molecular weight excluding hydrogens is 252 g/mol. The van der Waals surface area contributed by atoms with Crippen molar-refractivity contribution in [2.24, 2.45) is 0 Å². The zero-order valence-corrected chi connectivity index (χ0v) is 11.4. The molecular formula is C16H18N2O2. The van der Waals surface area contributed by atoms with E-state index in [0.717, 1.165) is 6.42 Å². The van der Waals surface area contributed by atoms with Crippen LogP contribution in [0.3, 0.4) is 0 Å². The number of anilines is 2. The topological polar surface area (TPSA) is 66.6 Å². The van der Waals surface area contributed by atoms with Crippen LogP contribution in [0.1, 0.15) is 15.9 Å². The minimum Gasteiger partial charge on any atom is -0.478 e. The molecule has 0 fully saturated rings. The average molecular weight is 270 g/mol. The van der Waals surface area contributed by atoms with Crippen LogP contribution in [0.15, 0.2) is 48.5 Å². The first kappa shape index (κ1) is 13.9. The summed E-state index contributed by atoms with van der Waals surface area (Å²) >= 11 is 0. The Morgan fingerprint density at radius 1 is 1.15 bits per heavy atom. The molecule has 0 saturated heterocycles. The van der Waals surface area contributed by atoms with Crippen molar-refractivity contribution in [3.63, 3.8) is 0 Å². The van der Waals surface area contributed by atoms with Crippen molar-refractivity contribution in [2.45, 2.75) is 6.42 Å². The number of para-hydroxylation sites is 1. The summed E-state index contributed by atoms with van der Waals surface area (Å²) < 4.78 is 0. The minimum absolute atomic E-state index is 0.237. The predicted molar refractivity (Wildman–Crippen MR) is 81.2 cm³/mol. The van der Waals surface area contributed by atoms with Crippen LogP contribution in [-0.2, 0) is 6.42 Å². The van der Waals surface area contributed by atoms with Gasteiger partial charge in [0.1, 0.15) is 0 Å². The summed E-state index contributed by atoms with van der Waals surface area (Å²) in [7, 11) is 1.86. The maximum absolute atomic E-state index is 11.3. The van der Waals surface area contributed by atoms with Crippen molar-refractivity contribution in [3.05, 3.63) is 59.7 Å². The van der Waals surface area contributed by atoms with Gasteiger partial charge >= 0.3 is 5.97 Å². The van der Waals surface area contributed by atoms with Gasteiger partial charge in [0.2, 0.25) is 0 Å². The number of benzene rings is 2. The molecule has 4 nitrogen and oxygen atoms in total. The monoisotopic (exact) mass is 270 g/mol. The smallest absolute Gasteiger partial charge is 0.337 e. The summed E-state index contributed by atoms with van der Waals surface area (Å²) in [5, 5.41) is 9.24. The predicted octanol–water partition coefficient (Wildman–Crippen LogP) is 2.65. The quantitative estimate of drug-likeness (QED) is 0.820. The lowest BCUT2D eigenvalue weighted by atomic mass is 10.1. The fourth-order valence-electron chi connectivity index (χ4n) is 2.21. The summed E-state index contributed by atoms with van der Waals surface area (Å²) in [4.78, 5) is 13.2. The Kier molecular flexibility index (Phi) is 4.25. The molecule has 20 heavy (non-hydrogen) atoms. The zero-order valence-electron chi connectivity index (χ0n) is 11.4. The third-order valence-electron chi connectivity index (χ3n) is 3.26. The fourth-order valence-corrected chi connectivity index (χ4v) is 2.21. The van der Waals surface area contributed by atoms with Gasteiger partial charge < -0.3 is 15.7 Å². The third kappa shape index (κ3) is 3.09. The van der Waals surface area contributed by atoms with Gasteiger partial charge in [0.25, 0.3) is 0 Å². The maximum atomic E-state index is 11.3. The highest BCUT2D eigenvalue weighted by atomic mass is 16.4. The van der Waals surface area contributed by atoms with Crippen LogP contribution in [0.4, 0.5) is 11.4 Å². The van der Waals surface area contributed by atoms with Crippen LogP contribution in [-0.4, -0.2) is 24.7 Å². The Bertz CT molecular complexity index is 597. The van der Waals surface area contributed by atoms with Crippen LogP contribution in [0, 0.1) is 0 Å². The first-order chi connectivity index (χ1) is 9.59. The molecule has 2 rings (SSSR count). The van der Waals surface area contributed by atoms with E-state index in [4.69, 9.17) is 5.73 Å². The van der Waals surface area contributed by atoms with Crippen LogP contribution >= 0.6 is 0 Å². The second kappa shape index (κ2) is 6.10. The summed E-state index contributed by atoms with van der Waals surface area (Å²) in [5.74, 6) is -0.959. The first-order valence-corrected chi connectivity index (χ1v) is 6.46. The molecule has 0 bridgehead atoms. The molecule has 2 aromatic rings. The lowest BCUT2D eigenvalue weighted by Crippen LogP contribution is -2.23. The molecule has 3 N–H and O–H groups in total. The van der Waals surface area contributed by atoms with E-state index in [1.54, 1.807) is 18.2 Å². The lowest BCUT2D eigenvalue weighted by molar-refractivity contribution is 0.0697. The van der Waals surface area contributed by atoms with Gasteiger partial charge in [0.15, 0.2) is 0 Å². The molecule has 0 aliphatic rings. The van der Waals surface area contributed by atoms with Crippen LogP contribution in [0.5, 0.6) is 0 Å². The molecule has 0 unspecified atom stereocenters. The second-order valence-electron chi connectivity index (χ2n) is 4.71. The fraction of sp³-hybridized carbons (Fsp3) is 0.188. The Hall–Kier alpha value is -2.49. The SMILES string of the molecule is CN(CCc1ccccc1)c1c(N)cccc1C(=O)O. The molecule has 0 radical (unpaired) electrons. The average Bonchev–Trinajstić information content (AvgIpc) is 2.45. The standard InChI is InChI=1S/C16H18N2O2/c1-18(11-10-12-6-3-2-4-7-12)15-13(16(19)20)8-5-9-14(15)17/h2-9H,10-11,17H2,1H3,(H,19,20). The summed E-state index contributed by atoms with van der Waals surface area (Å²) in [6.07, 6.45) is 0.838. The number of carbonyl (C=O) groups is 1. The number of hydrogen-bond acceptors (Lipinski definition) is 3. The molecule has 0 aliphatic heterocycles. The number of nitrogens with zero attached hydrogens (tertiary/aromatic N) is 1. The summed E-state index contributed by atoms with van der Waals surface area (Å²) in [6, 6.07) is 15.0. The number of nitrogens with two attached hydrogens (primary N) is 1. The summed E-state index contributed by atoms with van der Waals surface area (Å²) in [6.45, 7) is 0.707. The van der Waals surface area contributed by atoms with Crippen molar-refractivity contribution in [2.75, 3.05) is 24.2 Å².